The van der Waals surface area contributed by atoms with E-state index in [9.17, 15) is 0 Å². The third kappa shape index (κ3) is 1.85. The Bertz CT molecular complexity index is 369. The molecule has 0 aliphatic carbocycles. The van der Waals surface area contributed by atoms with Crippen molar-refractivity contribution in [2.45, 2.75) is 6.04 Å². The van der Waals surface area contributed by atoms with Gasteiger partial charge in [-0.25, -0.2) is 5.43 Å². The molecule has 2 aromatic rings. The van der Waals surface area contributed by atoms with Crippen LogP contribution in [0.1, 0.15) is 17.2 Å². The van der Waals surface area contributed by atoms with Crippen molar-refractivity contribution in [3.8, 4) is 0 Å². The quantitative estimate of drug-likeness (QED) is 0.594. The molecule has 14 heavy (non-hydrogen) atoms. The Morgan fingerprint density at radius 1 is 1.07 bits per heavy atom. The maximum atomic E-state index is 5.55. The van der Waals surface area contributed by atoms with Crippen molar-refractivity contribution in [1.29, 1.82) is 0 Å². The van der Waals surface area contributed by atoms with Crippen molar-refractivity contribution in [3.63, 3.8) is 0 Å². The minimum atomic E-state index is 0.0995. The summed E-state index contributed by atoms with van der Waals surface area (Å²) in [6, 6.07) is 12.4. The molecule has 1 unspecified atom stereocenters. The maximum Gasteiger partial charge on any atom is 0.0718 e. The number of benzene rings is 1. The molecule has 2 rings (SSSR count). The van der Waals surface area contributed by atoms with E-state index in [1.807, 2.05) is 18.2 Å². The molecule has 3 heteroatoms. The van der Waals surface area contributed by atoms with E-state index in [1.165, 1.54) is 11.1 Å². The van der Waals surface area contributed by atoms with E-state index in [0.29, 0.717) is 0 Å². The Morgan fingerprint density at radius 2 is 1.86 bits per heavy atom. The van der Waals surface area contributed by atoms with Gasteiger partial charge in [-0.2, -0.15) is 11.3 Å². The molecule has 0 fully saturated rings. The first-order valence-electron chi connectivity index (χ1n) is 4.45. The third-order valence-electron chi connectivity index (χ3n) is 2.18. The molecule has 0 bridgehead atoms. The Hall–Kier alpha value is -1.16. The van der Waals surface area contributed by atoms with Crippen LogP contribution in [-0.4, -0.2) is 0 Å². The summed E-state index contributed by atoms with van der Waals surface area (Å²) in [6.45, 7) is 0. The second-order valence-corrected chi connectivity index (χ2v) is 3.85. The van der Waals surface area contributed by atoms with E-state index in [1.54, 1.807) is 11.3 Å². The molecule has 0 aliphatic rings. The maximum absolute atomic E-state index is 5.55. The van der Waals surface area contributed by atoms with Gasteiger partial charge in [-0.15, -0.1) is 0 Å². The highest BCUT2D eigenvalue weighted by molar-refractivity contribution is 7.08. The van der Waals surface area contributed by atoms with Crippen LogP contribution in [0.5, 0.6) is 0 Å². The van der Waals surface area contributed by atoms with Crippen molar-refractivity contribution < 1.29 is 0 Å². The van der Waals surface area contributed by atoms with Gasteiger partial charge in [-0.05, 0) is 28.0 Å². The lowest BCUT2D eigenvalue weighted by Crippen LogP contribution is -2.28. The van der Waals surface area contributed by atoms with Gasteiger partial charge in [-0.1, -0.05) is 30.3 Å². The second-order valence-electron chi connectivity index (χ2n) is 3.07. The Balaban J connectivity index is 2.31. The molecule has 0 aliphatic heterocycles. The van der Waals surface area contributed by atoms with Crippen molar-refractivity contribution in [2.24, 2.45) is 5.84 Å². The fourth-order valence-electron chi connectivity index (χ4n) is 1.47. The van der Waals surface area contributed by atoms with E-state index < -0.39 is 0 Å². The molecule has 1 aromatic heterocycles. The molecular weight excluding hydrogens is 192 g/mol. The van der Waals surface area contributed by atoms with E-state index in [4.69, 9.17) is 5.84 Å². The lowest BCUT2D eigenvalue weighted by Gasteiger charge is -2.14. The molecule has 0 saturated heterocycles. The smallest absolute Gasteiger partial charge is 0.0718 e. The van der Waals surface area contributed by atoms with Crippen molar-refractivity contribution >= 4 is 11.3 Å². The number of hydrogen-bond acceptors (Lipinski definition) is 3. The number of rotatable bonds is 3. The molecule has 0 spiro atoms. The highest BCUT2D eigenvalue weighted by atomic mass is 32.1. The lowest BCUT2D eigenvalue weighted by atomic mass is 10.0. The Morgan fingerprint density at radius 3 is 2.43 bits per heavy atom. The van der Waals surface area contributed by atoms with Crippen LogP contribution < -0.4 is 11.3 Å². The molecule has 0 radical (unpaired) electrons. The third-order valence-corrected chi connectivity index (χ3v) is 2.88. The molecule has 0 amide bonds. The van der Waals surface area contributed by atoms with Crippen LogP contribution in [0.3, 0.4) is 0 Å². The minimum absolute atomic E-state index is 0.0995. The normalized spacial score (nSPS) is 12.6. The average molecular weight is 204 g/mol. The van der Waals surface area contributed by atoms with Gasteiger partial charge in [0.05, 0.1) is 6.04 Å². The highest BCUT2D eigenvalue weighted by Gasteiger charge is 2.11. The van der Waals surface area contributed by atoms with Gasteiger partial charge in [0.15, 0.2) is 0 Å². The van der Waals surface area contributed by atoms with E-state index in [-0.39, 0.29) is 6.04 Å². The molecule has 1 atom stereocenters. The van der Waals surface area contributed by atoms with E-state index in [0.717, 1.165) is 0 Å². The summed E-state index contributed by atoms with van der Waals surface area (Å²) in [6.07, 6.45) is 0. The van der Waals surface area contributed by atoms with Gasteiger partial charge < -0.3 is 0 Å². The first-order valence-corrected chi connectivity index (χ1v) is 5.39. The number of thiophene rings is 1. The second kappa shape index (κ2) is 4.37. The van der Waals surface area contributed by atoms with Crippen LogP contribution >= 0.6 is 11.3 Å². The van der Waals surface area contributed by atoms with Gasteiger partial charge >= 0.3 is 0 Å². The van der Waals surface area contributed by atoms with Crippen LogP contribution in [0.2, 0.25) is 0 Å². The minimum Gasteiger partial charge on any atom is -0.271 e. The molecule has 72 valence electrons. The zero-order valence-electron chi connectivity index (χ0n) is 7.68. The number of hydrogen-bond donors (Lipinski definition) is 2. The Kier molecular flexibility index (Phi) is 2.93. The summed E-state index contributed by atoms with van der Waals surface area (Å²) in [4.78, 5) is 0. The molecule has 0 saturated carbocycles. The fraction of sp³-hybridized carbons (Fsp3) is 0.0909. The van der Waals surface area contributed by atoms with Gasteiger partial charge in [0, 0.05) is 0 Å². The molecule has 3 N–H and O–H groups in total. The van der Waals surface area contributed by atoms with Crippen LogP contribution in [-0.2, 0) is 0 Å². The van der Waals surface area contributed by atoms with Crippen molar-refractivity contribution in [3.05, 3.63) is 58.3 Å². The van der Waals surface area contributed by atoms with Crippen LogP contribution in [0, 0.1) is 0 Å². The fourth-order valence-corrected chi connectivity index (χ4v) is 2.16. The topological polar surface area (TPSA) is 38.0 Å². The Labute approximate surface area is 87.4 Å². The SMILES string of the molecule is NNC(c1ccccc1)c1ccsc1. The van der Waals surface area contributed by atoms with Crippen molar-refractivity contribution in [1.82, 2.24) is 5.43 Å². The van der Waals surface area contributed by atoms with Gasteiger partial charge in [0.2, 0.25) is 0 Å². The van der Waals surface area contributed by atoms with Crippen LogP contribution in [0.15, 0.2) is 47.2 Å². The molecule has 1 aromatic carbocycles. The van der Waals surface area contributed by atoms with Crippen LogP contribution in [0.25, 0.3) is 0 Å². The zero-order valence-corrected chi connectivity index (χ0v) is 8.50. The van der Waals surface area contributed by atoms with Gasteiger partial charge in [0.1, 0.15) is 0 Å². The zero-order chi connectivity index (χ0) is 9.80. The first kappa shape index (κ1) is 9.40. The number of nitrogens with two attached hydrogens (primary N) is 1. The predicted octanol–water partition coefficient (Wildman–Crippen LogP) is 2.30. The lowest BCUT2D eigenvalue weighted by molar-refractivity contribution is 0.639. The molecular formula is C11H12N2S. The summed E-state index contributed by atoms with van der Waals surface area (Å²) in [5.41, 5.74) is 5.23. The van der Waals surface area contributed by atoms with Gasteiger partial charge in [0.25, 0.3) is 0 Å². The molecule has 2 nitrogen and oxygen atoms in total. The largest absolute Gasteiger partial charge is 0.271 e. The predicted molar refractivity (Wildman–Crippen MR) is 59.9 cm³/mol. The standard InChI is InChI=1S/C11H12N2S/c12-13-11(10-6-7-14-8-10)9-4-2-1-3-5-9/h1-8,11,13H,12H2. The van der Waals surface area contributed by atoms with E-state index >= 15 is 0 Å². The number of nitrogens with one attached hydrogen (secondary N) is 1. The van der Waals surface area contributed by atoms with E-state index in [2.05, 4.69) is 34.4 Å². The summed E-state index contributed by atoms with van der Waals surface area (Å²) < 4.78 is 0. The first-order chi connectivity index (χ1) is 6.92. The average Bonchev–Trinajstić information content (AvgIpc) is 2.74. The monoisotopic (exact) mass is 204 g/mol. The summed E-state index contributed by atoms with van der Waals surface area (Å²) in [7, 11) is 0. The number of hydrazine groups is 1. The molecule has 1 heterocycles. The van der Waals surface area contributed by atoms with Gasteiger partial charge in [-0.3, -0.25) is 5.84 Å². The highest BCUT2D eigenvalue weighted by Crippen LogP contribution is 2.22. The summed E-state index contributed by atoms with van der Waals surface area (Å²) in [5.74, 6) is 5.55. The van der Waals surface area contributed by atoms with Crippen LogP contribution in [0.4, 0.5) is 0 Å². The van der Waals surface area contributed by atoms with Crippen molar-refractivity contribution in [2.75, 3.05) is 0 Å². The summed E-state index contributed by atoms with van der Waals surface area (Å²) in [5, 5.41) is 4.17. The summed E-state index contributed by atoms with van der Waals surface area (Å²) >= 11 is 1.68.